The standard InChI is InChI=1S/C10H9N3O5S/c14-4-6(9(17)18)12-7(15)5-3-11-10-13(8(5)16)1-2-19-10/h1-3,6,14H,4H2,(H,12,15)(H,17,18). The minimum atomic E-state index is -1.46. The lowest BCUT2D eigenvalue weighted by molar-refractivity contribution is -0.140. The van der Waals surface area contributed by atoms with Crippen molar-refractivity contribution in [1.29, 1.82) is 0 Å². The van der Waals surface area contributed by atoms with E-state index < -0.39 is 30.1 Å². The van der Waals surface area contributed by atoms with Crippen molar-refractivity contribution in [2.75, 3.05) is 6.61 Å². The van der Waals surface area contributed by atoms with E-state index in [0.717, 1.165) is 6.20 Å². The largest absolute Gasteiger partial charge is 0.480 e. The molecule has 0 saturated heterocycles. The van der Waals surface area contributed by atoms with E-state index in [-0.39, 0.29) is 5.56 Å². The number of aliphatic hydroxyl groups excluding tert-OH is 1. The second-order valence-corrected chi connectivity index (χ2v) is 4.45. The average Bonchev–Trinajstić information content (AvgIpc) is 2.84. The van der Waals surface area contributed by atoms with Gasteiger partial charge in [0.25, 0.3) is 11.5 Å². The molecular formula is C10H9N3O5S. The third-order valence-corrected chi connectivity index (χ3v) is 3.14. The van der Waals surface area contributed by atoms with Crippen LogP contribution in [-0.2, 0) is 4.79 Å². The second kappa shape index (κ2) is 5.16. The third-order valence-electron chi connectivity index (χ3n) is 2.37. The molecular weight excluding hydrogens is 274 g/mol. The fourth-order valence-electron chi connectivity index (χ4n) is 1.40. The van der Waals surface area contributed by atoms with Crippen LogP contribution in [0.4, 0.5) is 0 Å². The maximum Gasteiger partial charge on any atom is 0.328 e. The fraction of sp³-hybridized carbons (Fsp3) is 0.200. The second-order valence-electron chi connectivity index (χ2n) is 3.58. The van der Waals surface area contributed by atoms with Gasteiger partial charge in [0, 0.05) is 17.8 Å². The van der Waals surface area contributed by atoms with Crippen LogP contribution in [-0.4, -0.2) is 44.1 Å². The lowest BCUT2D eigenvalue weighted by Gasteiger charge is -2.10. The number of fused-ring (bicyclic) bond motifs is 1. The number of nitrogens with one attached hydrogen (secondary N) is 1. The number of aromatic nitrogens is 2. The van der Waals surface area contributed by atoms with Gasteiger partial charge in [0.15, 0.2) is 11.0 Å². The number of nitrogens with zero attached hydrogens (tertiary/aromatic N) is 2. The van der Waals surface area contributed by atoms with Crippen molar-refractivity contribution in [3.05, 3.63) is 33.7 Å². The molecule has 2 rings (SSSR count). The highest BCUT2D eigenvalue weighted by Crippen LogP contribution is 2.05. The Hall–Kier alpha value is -2.26. The molecule has 0 aliphatic rings. The molecule has 0 radical (unpaired) electrons. The predicted octanol–water partition coefficient (Wildman–Crippen LogP) is -1.07. The van der Waals surface area contributed by atoms with Gasteiger partial charge in [-0.2, -0.15) is 0 Å². The highest BCUT2D eigenvalue weighted by atomic mass is 32.1. The predicted molar refractivity (Wildman–Crippen MR) is 65.3 cm³/mol. The topological polar surface area (TPSA) is 121 Å². The molecule has 1 atom stereocenters. The van der Waals surface area contributed by atoms with Gasteiger partial charge in [-0.1, -0.05) is 0 Å². The fourth-order valence-corrected chi connectivity index (χ4v) is 2.08. The number of carbonyl (C=O) groups excluding carboxylic acids is 1. The lowest BCUT2D eigenvalue weighted by atomic mass is 10.2. The van der Waals surface area contributed by atoms with Gasteiger partial charge in [-0.25, -0.2) is 9.78 Å². The van der Waals surface area contributed by atoms with E-state index in [1.807, 2.05) is 5.32 Å². The number of carboxylic acid groups (broad SMARTS) is 1. The summed E-state index contributed by atoms with van der Waals surface area (Å²) in [6.45, 7) is -0.767. The Kier molecular flexibility index (Phi) is 3.58. The van der Waals surface area contributed by atoms with Crippen molar-refractivity contribution in [3.63, 3.8) is 0 Å². The van der Waals surface area contributed by atoms with Crippen molar-refractivity contribution >= 4 is 28.2 Å². The minimum absolute atomic E-state index is 0.282. The summed E-state index contributed by atoms with van der Waals surface area (Å²) in [5.41, 5.74) is -0.874. The van der Waals surface area contributed by atoms with Gasteiger partial charge in [0.2, 0.25) is 0 Å². The van der Waals surface area contributed by atoms with Crippen LogP contribution in [0.5, 0.6) is 0 Å². The summed E-state index contributed by atoms with van der Waals surface area (Å²) in [7, 11) is 0. The smallest absolute Gasteiger partial charge is 0.328 e. The van der Waals surface area contributed by atoms with E-state index in [1.54, 1.807) is 5.38 Å². The Labute approximate surface area is 110 Å². The molecule has 100 valence electrons. The number of hydrogen-bond donors (Lipinski definition) is 3. The summed E-state index contributed by atoms with van der Waals surface area (Å²) in [6.07, 6.45) is 2.55. The van der Waals surface area contributed by atoms with Crippen LogP contribution in [0, 0.1) is 0 Å². The molecule has 3 N–H and O–H groups in total. The monoisotopic (exact) mass is 283 g/mol. The zero-order valence-electron chi connectivity index (χ0n) is 9.44. The van der Waals surface area contributed by atoms with Crippen LogP contribution in [0.15, 0.2) is 22.6 Å². The van der Waals surface area contributed by atoms with Gasteiger partial charge in [0.05, 0.1) is 6.61 Å². The number of carboxylic acids is 1. The SMILES string of the molecule is O=C(NC(CO)C(=O)O)c1cnc2sccn2c1=O. The number of rotatable bonds is 4. The molecule has 8 nitrogen and oxygen atoms in total. The average molecular weight is 283 g/mol. The summed E-state index contributed by atoms with van der Waals surface area (Å²) in [5, 5.41) is 21.2. The van der Waals surface area contributed by atoms with Crippen LogP contribution >= 0.6 is 11.3 Å². The number of thiazole rings is 1. The van der Waals surface area contributed by atoms with Crippen LogP contribution in [0.25, 0.3) is 4.96 Å². The first-order valence-corrected chi connectivity index (χ1v) is 6.02. The van der Waals surface area contributed by atoms with Crippen LogP contribution in [0.1, 0.15) is 10.4 Å². The number of carbonyl (C=O) groups is 2. The lowest BCUT2D eigenvalue weighted by Crippen LogP contribution is -2.45. The van der Waals surface area contributed by atoms with Crippen molar-refractivity contribution in [2.45, 2.75) is 6.04 Å². The van der Waals surface area contributed by atoms with Crippen molar-refractivity contribution in [1.82, 2.24) is 14.7 Å². The minimum Gasteiger partial charge on any atom is -0.480 e. The summed E-state index contributed by atoms with van der Waals surface area (Å²) >= 11 is 1.23. The highest BCUT2D eigenvalue weighted by molar-refractivity contribution is 7.15. The van der Waals surface area contributed by atoms with Gasteiger partial charge < -0.3 is 15.5 Å². The van der Waals surface area contributed by atoms with Crippen LogP contribution in [0.2, 0.25) is 0 Å². The van der Waals surface area contributed by atoms with E-state index in [9.17, 15) is 14.4 Å². The molecule has 0 saturated carbocycles. The normalized spacial score (nSPS) is 12.3. The Morgan fingerprint density at radius 3 is 2.89 bits per heavy atom. The maximum absolute atomic E-state index is 11.9. The van der Waals surface area contributed by atoms with Crippen molar-refractivity contribution < 1.29 is 19.8 Å². The molecule has 0 fully saturated rings. The molecule has 2 aromatic rings. The molecule has 9 heteroatoms. The number of aliphatic carboxylic acids is 1. The molecule has 0 aliphatic carbocycles. The molecule has 2 heterocycles. The summed E-state index contributed by atoms with van der Waals surface area (Å²) in [5.74, 6) is -2.28. The van der Waals surface area contributed by atoms with E-state index >= 15 is 0 Å². The molecule has 19 heavy (non-hydrogen) atoms. The van der Waals surface area contributed by atoms with Gasteiger partial charge in [-0.05, 0) is 0 Å². The van der Waals surface area contributed by atoms with Gasteiger partial charge in [-0.3, -0.25) is 14.0 Å². The number of amides is 1. The molecule has 0 aromatic carbocycles. The van der Waals surface area contributed by atoms with E-state index in [2.05, 4.69) is 4.98 Å². The van der Waals surface area contributed by atoms with Crippen LogP contribution < -0.4 is 10.9 Å². The molecule has 0 aliphatic heterocycles. The molecule has 1 amide bonds. The first-order chi connectivity index (χ1) is 9.04. The Morgan fingerprint density at radius 2 is 2.26 bits per heavy atom. The van der Waals surface area contributed by atoms with Gasteiger partial charge in [-0.15, -0.1) is 11.3 Å². The first kappa shape index (κ1) is 13.2. The Bertz CT molecular complexity index is 692. The zero-order valence-corrected chi connectivity index (χ0v) is 10.3. The Balaban J connectivity index is 2.34. The van der Waals surface area contributed by atoms with E-state index in [4.69, 9.17) is 10.2 Å². The zero-order chi connectivity index (χ0) is 14.0. The molecule has 0 spiro atoms. The summed E-state index contributed by atoms with van der Waals surface area (Å²) in [6, 6.07) is -1.46. The molecule has 2 aromatic heterocycles. The van der Waals surface area contributed by atoms with Crippen molar-refractivity contribution in [2.24, 2.45) is 0 Å². The summed E-state index contributed by atoms with van der Waals surface area (Å²) < 4.78 is 1.19. The third kappa shape index (κ3) is 2.46. The first-order valence-electron chi connectivity index (χ1n) is 5.14. The molecule has 0 bridgehead atoms. The Morgan fingerprint density at radius 1 is 1.53 bits per heavy atom. The van der Waals surface area contributed by atoms with Gasteiger partial charge >= 0.3 is 5.97 Å². The number of aliphatic hydroxyl groups is 1. The molecule has 1 unspecified atom stereocenters. The van der Waals surface area contributed by atoms with E-state index in [0.29, 0.717) is 4.96 Å². The van der Waals surface area contributed by atoms with E-state index in [1.165, 1.54) is 21.9 Å². The van der Waals surface area contributed by atoms with Crippen LogP contribution in [0.3, 0.4) is 0 Å². The van der Waals surface area contributed by atoms with Gasteiger partial charge in [0.1, 0.15) is 5.56 Å². The quantitative estimate of drug-likeness (QED) is 0.657. The summed E-state index contributed by atoms with van der Waals surface area (Å²) in [4.78, 5) is 38.7. The van der Waals surface area contributed by atoms with Crippen molar-refractivity contribution in [3.8, 4) is 0 Å². The number of hydrogen-bond acceptors (Lipinski definition) is 6. The maximum atomic E-state index is 11.9. The highest BCUT2D eigenvalue weighted by Gasteiger charge is 2.22.